The molecule has 2 aliphatic heterocycles. The van der Waals surface area contributed by atoms with Gasteiger partial charge in [0.25, 0.3) is 0 Å². The van der Waals surface area contributed by atoms with Crippen molar-refractivity contribution in [1.82, 2.24) is 35.1 Å². The molecule has 8 rings (SSSR count). The van der Waals surface area contributed by atoms with Gasteiger partial charge in [0.2, 0.25) is 21.8 Å². The number of rotatable bonds is 14. The van der Waals surface area contributed by atoms with Crippen molar-refractivity contribution in [1.29, 1.82) is 0 Å². The number of carbonyl (C=O) groups excluding carboxylic acids is 3. The molecule has 2 saturated carbocycles. The number of nitrogens with zero attached hydrogens (tertiary/aromatic N) is 4. The van der Waals surface area contributed by atoms with Gasteiger partial charge in [0.05, 0.1) is 29.8 Å². The molecule has 2 aliphatic carbocycles. The van der Waals surface area contributed by atoms with Gasteiger partial charge < -0.3 is 40.7 Å². The number of amides is 4. The zero-order valence-electron chi connectivity index (χ0n) is 38.3. The van der Waals surface area contributed by atoms with E-state index in [1.54, 1.807) is 43.5 Å². The summed E-state index contributed by atoms with van der Waals surface area (Å²) >= 11 is 1.45. The summed E-state index contributed by atoms with van der Waals surface area (Å²) in [7, 11) is -0.785. The number of hydrogen-bond acceptors (Lipinski definition) is 12. The van der Waals surface area contributed by atoms with Crippen molar-refractivity contribution in [3.63, 3.8) is 0 Å². The van der Waals surface area contributed by atoms with Crippen LogP contribution >= 0.6 is 11.3 Å². The predicted molar refractivity (Wildman–Crippen MR) is 254 cm³/mol. The number of anilines is 1. The lowest BCUT2D eigenvalue weighted by Crippen LogP contribution is -2.59. The Kier molecular flexibility index (Phi) is 14.4. The van der Waals surface area contributed by atoms with Crippen molar-refractivity contribution >= 4 is 61.2 Å². The van der Waals surface area contributed by atoms with Crippen LogP contribution in [0.3, 0.4) is 0 Å². The number of hydrogen-bond donors (Lipinski definition) is 5. The highest BCUT2D eigenvalue weighted by Crippen LogP contribution is 2.46. The lowest BCUT2D eigenvalue weighted by molar-refractivity contribution is -0.145. The van der Waals surface area contributed by atoms with Crippen LogP contribution in [0.1, 0.15) is 78.1 Å². The number of allylic oxidation sites excluding steroid dienone is 1. The van der Waals surface area contributed by atoms with Gasteiger partial charge in [-0.25, -0.2) is 28.0 Å². The third-order valence-corrected chi connectivity index (χ3v) is 15.9. The summed E-state index contributed by atoms with van der Waals surface area (Å²) in [5, 5.41) is 25.8. The Bertz CT molecular complexity index is 2610. The smallest absolute Gasteiger partial charge is 0.330 e. The second kappa shape index (κ2) is 20.2. The summed E-state index contributed by atoms with van der Waals surface area (Å²) in [6.07, 6.45) is 8.98. The van der Waals surface area contributed by atoms with Gasteiger partial charge in [0.1, 0.15) is 40.9 Å². The molecule has 6 atom stereocenters. The average molecular weight is 957 g/mol. The van der Waals surface area contributed by atoms with Gasteiger partial charge in [-0.05, 0) is 82.6 Å². The zero-order valence-corrected chi connectivity index (χ0v) is 39.9. The first kappa shape index (κ1) is 47.7. The Balaban J connectivity index is 1.07. The molecule has 2 unspecified atom stereocenters. The number of ether oxygens (including phenoxy) is 2. The van der Waals surface area contributed by atoms with Crippen molar-refractivity contribution in [2.75, 3.05) is 32.6 Å². The number of sulfonamides is 1. The van der Waals surface area contributed by atoms with Gasteiger partial charge in [0, 0.05) is 60.9 Å². The molecule has 358 valence electrons. The fourth-order valence-electron chi connectivity index (χ4n) is 9.23. The number of carbonyl (C=O) groups is 4. The molecule has 19 heteroatoms. The number of aromatic nitrogens is 2. The Morgan fingerprint density at radius 3 is 2.54 bits per heavy atom. The van der Waals surface area contributed by atoms with Gasteiger partial charge in [-0.3, -0.25) is 9.59 Å². The van der Waals surface area contributed by atoms with Gasteiger partial charge in [-0.2, -0.15) is 4.31 Å². The minimum absolute atomic E-state index is 0.0256. The topological polar surface area (TPSA) is 221 Å². The minimum atomic E-state index is -3.85. The van der Waals surface area contributed by atoms with Crippen LogP contribution in [-0.4, -0.2) is 120 Å². The summed E-state index contributed by atoms with van der Waals surface area (Å²) in [6, 6.07) is 12.1. The second-order valence-electron chi connectivity index (χ2n) is 18.4. The fraction of sp³-hybridized carbons (Fsp3) is 0.500. The number of thiazole rings is 1. The molecule has 5 N–H and O–H groups in total. The van der Waals surface area contributed by atoms with Crippen LogP contribution in [0.25, 0.3) is 22.3 Å². The Morgan fingerprint density at radius 1 is 1.03 bits per heavy atom. The van der Waals surface area contributed by atoms with E-state index in [1.807, 2.05) is 37.4 Å². The lowest BCUT2D eigenvalue weighted by Gasteiger charge is -2.36. The molecule has 0 spiro atoms. The van der Waals surface area contributed by atoms with Crippen molar-refractivity contribution < 1.29 is 42.2 Å². The summed E-state index contributed by atoms with van der Waals surface area (Å²) in [5.74, 6) is -1.62. The number of nitrogens with one attached hydrogen (secondary N) is 4. The maximum absolute atomic E-state index is 15.0. The van der Waals surface area contributed by atoms with E-state index in [9.17, 15) is 32.7 Å². The maximum Gasteiger partial charge on any atom is 0.330 e. The molecule has 4 amide bonds. The van der Waals surface area contributed by atoms with E-state index in [1.165, 1.54) is 39.7 Å². The number of carboxylic acids is 1. The standard InChI is InChI=1S/C48H60N8O9S2/c1-29(2)49-47-53-40(28-66-47)38-24-42(35-21-20-32(64-4)22-37(35)50-38)65-33-23-41-43(57)54-48(45(59)60)25-31(48)16-9-6-5-7-12-19-36(44(58)56(41)26-33)51-46(61)52-39(30-14-13-15-30)27-55(3)67(62,63)34-17-10-8-11-18-34/h8-11,16-18,20-22,24,28-31,33,36,39,41H,5-7,12-15,19,23,25-27H2,1-4H3,(H,49,53)(H,54,57)(H,59,60)(H2,51,52,61)/b16-9-/t31?,33-,36+,39?,41+,48-/m1/s1. The van der Waals surface area contributed by atoms with Crippen molar-refractivity contribution in [3.05, 3.63) is 72.1 Å². The first-order chi connectivity index (χ1) is 32.1. The monoisotopic (exact) mass is 956 g/mol. The fourth-order valence-corrected chi connectivity index (χ4v) is 11.3. The largest absolute Gasteiger partial charge is 0.497 e. The highest BCUT2D eigenvalue weighted by atomic mass is 32.2. The maximum atomic E-state index is 15.0. The van der Waals surface area contributed by atoms with Crippen molar-refractivity contribution in [3.8, 4) is 22.9 Å². The van der Waals surface area contributed by atoms with E-state index in [0.29, 0.717) is 46.6 Å². The predicted octanol–water partition coefficient (Wildman–Crippen LogP) is 6.17. The number of pyridine rings is 1. The van der Waals surface area contributed by atoms with Crippen LogP contribution in [-0.2, 0) is 24.4 Å². The Labute approximate surface area is 395 Å². The quantitative estimate of drug-likeness (QED) is 0.0896. The Hall–Kier alpha value is -5.79. The minimum Gasteiger partial charge on any atom is -0.497 e. The molecule has 0 radical (unpaired) electrons. The summed E-state index contributed by atoms with van der Waals surface area (Å²) in [4.78, 5) is 67.5. The zero-order chi connectivity index (χ0) is 47.5. The molecule has 17 nitrogen and oxygen atoms in total. The van der Waals surface area contributed by atoms with E-state index >= 15 is 0 Å². The van der Waals surface area contributed by atoms with Gasteiger partial charge in [-0.1, -0.05) is 49.6 Å². The average Bonchev–Trinajstić information content (AvgIpc) is 3.54. The lowest BCUT2D eigenvalue weighted by atomic mass is 9.79. The third-order valence-electron chi connectivity index (χ3n) is 13.3. The molecule has 4 aliphatic rings. The first-order valence-corrected chi connectivity index (χ1v) is 25.5. The van der Waals surface area contributed by atoms with Crippen LogP contribution in [0.15, 0.2) is 77.0 Å². The van der Waals surface area contributed by atoms with Crippen LogP contribution in [0.5, 0.6) is 11.5 Å². The molecule has 4 heterocycles. The van der Waals surface area contributed by atoms with Crippen LogP contribution in [0.2, 0.25) is 0 Å². The number of urea groups is 1. The molecule has 2 aromatic heterocycles. The van der Waals surface area contributed by atoms with Crippen LogP contribution in [0.4, 0.5) is 9.93 Å². The van der Waals surface area contributed by atoms with Gasteiger partial charge in [0.15, 0.2) is 5.13 Å². The van der Waals surface area contributed by atoms with E-state index in [4.69, 9.17) is 19.4 Å². The first-order valence-electron chi connectivity index (χ1n) is 23.1. The van der Waals surface area contributed by atoms with Crippen molar-refractivity contribution in [2.24, 2.45) is 11.8 Å². The van der Waals surface area contributed by atoms with E-state index in [-0.39, 0.29) is 49.2 Å². The molecule has 1 saturated heterocycles. The van der Waals surface area contributed by atoms with Crippen LogP contribution in [0, 0.1) is 11.8 Å². The van der Waals surface area contributed by atoms with Crippen molar-refractivity contribution in [2.45, 2.75) is 119 Å². The highest BCUT2D eigenvalue weighted by Gasteiger charge is 2.61. The molecule has 3 fully saturated rings. The second-order valence-corrected chi connectivity index (χ2v) is 21.3. The number of aliphatic carboxylic acids is 1. The van der Waals surface area contributed by atoms with Gasteiger partial charge in [-0.15, -0.1) is 11.3 Å². The molecule has 2 aromatic carbocycles. The van der Waals surface area contributed by atoms with E-state index in [0.717, 1.165) is 37.2 Å². The summed E-state index contributed by atoms with van der Waals surface area (Å²) in [5.41, 5.74) is 0.235. The van der Waals surface area contributed by atoms with Gasteiger partial charge >= 0.3 is 12.0 Å². The SMILES string of the molecule is COc1ccc2c(O[C@@H]3C[C@H]4C(=O)N[C@]5(C(=O)O)CC5/C=C\CCCCC[C@H](NC(=O)NC(CN(C)S(=O)(=O)c5ccccc5)C5CCC5)C(=O)N4C3)cc(-c3csc(NC(C)C)n3)nc2c1. The molecular weight excluding hydrogens is 897 g/mol. The molecular formula is C48H60N8O9S2. The number of likely N-dealkylation sites (N-methyl/N-ethyl adjacent to an activating group) is 1. The number of fused-ring (bicyclic) bond motifs is 3. The normalized spacial score (nSPS) is 24.6. The molecule has 4 aromatic rings. The number of carboxylic acid groups (broad SMARTS) is 1. The summed E-state index contributed by atoms with van der Waals surface area (Å²) in [6.45, 7) is 4.04. The molecule has 0 bridgehead atoms. The number of benzene rings is 2. The number of methoxy groups -OCH3 is 1. The van der Waals surface area contributed by atoms with Crippen LogP contribution < -0.4 is 30.7 Å². The molecule has 67 heavy (non-hydrogen) atoms. The van der Waals surface area contributed by atoms with E-state index in [2.05, 4.69) is 21.3 Å². The highest BCUT2D eigenvalue weighted by molar-refractivity contribution is 7.89. The third kappa shape index (κ3) is 10.7. The Morgan fingerprint density at radius 2 is 1.82 bits per heavy atom. The van der Waals surface area contributed by atoms with E-state index < -0.39 is 69.5 Å². The summed E-state index contributed by atoms with van der Waals surface area (Å²) < 4.78 is 40.6.